The minimum atomic E-state index is -5.23. The normalized spacial score (nSPS) is 12.1. The van der Waals surface area contributed by atoms with Gasteiger partial charge in [0.2, 0.25) is 11.2 Å². The fourth-order valence-electron chi connectivity index (χ4n) is 6.46. The van der Waals surface area contributed by atoms with Crippen LogP contribution in [-0.4, -0.2) is 33.1 Å². The van der Waals surface area contributed by atoms with Crippen molar-refractivity contribution in [3.05, 3.63) is 122 Å². The van der Waals surface area contributed by atoms with Gasteiger partial charge < -0.3 is 18.3 Å². The zero-order chi connectivity index (χ0) is 40.8. The molecule has 9 nitrogen and oxygen atoms in total. The number of methoxy groups -OCH3 is 1. The van der Waals surface area contributed by atoms with Crippen LogP contribution in [0.5, 0.6) is 5.75 Å². The van der Waals surface area contributed by atoms with Crippen LogP contribution in [0.25, 0.3) is 44.5 Å². The number of allylic oxidation sites excluding steroid dienone is 4. The summed E-state index contributed by atoms with van der Waals surface area (Å²) in [5, 5.41) is -0.236. The fourth-order valence-corrected chi connectivity index (χ4v) is 7.79. The molecule has 290 valence electrons. The maximum atomic E-state index is 15.0. The Kier molecular flexibility index (Phi) is 11.4. The molecule has 0 fully saturated rings. The number of benzene rings is 4. The topological polar surface area (TPSA) is 154 Å². The van der Waals surface area contributed by atoms with Crippen LogP contribution in [-0.2, 0) is 39.3 Å². The number of rotatable bonds is 10. The van der Waals surface area contributed by atoms with Gasteiger partial charge in [-0.05, 0) is 89.8 Å². The van der Waals surface area contributed by atoms with Gasteiger partial charge in [0.1, 0.15) is 25.8 Å². The molecule has 4 aromatic carbocycles. The smallest absolute Gasteiger partial charge is 0.416 e. The van der Waals surface area contributed by atoms with Crippen molar-refractivity contribution in [2.24, 2.45) is 0 Å². The second-order valence-corrected chi connectivity index (χ2v) is 16.4. The Hall–Kier alpha value is -5.02. The molecule has 0 saturated carbocycles. The van der Waals surface area contributed by atoms with Gasteiger partial charge in [0.15, 0.2) is 5.76 Å². The van der Waals surface area contributed by atoms with Crippen LogP contribution in [0.15, 0.2) is 103 Å². The summed E-state index contributed by atoms with van der Waals surface area (Å²) in [4.78, 5) is 13.7. The highest BCUT2D eigenvalue weighted by molar-refractivity contribution is 7.86. The number of fused-ring (bicyclic) bond motifs is 1. The van der Waals surface area contributed by atoms with Gasteiger partial charge in [-0.25, -0.2) is 16.8 Å². The van der Waals surface area contributed by atoms with E-state index in [9.17, 15) is 43.9 Å². The summed E-state index contributed by atoms with van der Waals surface area (Å²) in [6.07, 6.45) is -1.21. The van der Waals surface area contributed by atoms with Crippen molar-refractivity contribution < 1.29 is 48.3 Å². The van der Waals surface area contributed by atoms with Crippen LogP contribution in [0.1, 0.15) is 55.5 Å². The molecule has 0 radical (unpaired) electrons. The number of halogens is 3. The van der Waals surface area contributed by atoms with Crippen molar-refractivity contribution in [1.82, 2.24) is 0 Å². The van der Waals surface area contributed by atoms with Crippen LogP contribution >= 0.6 is 0 Å². The Labute approximate surface area is 317 Å². The summed E-state index contributed by atoms with van der Waals surface area (Å²) in [7, 11) is -9.26. The Morgan fingerprint density at radius 2 is 1.22 bits per heavy atom. The van der Waals surface area contributed by atoms with E-state index in [1.165, 1.54) is 24.3 Å². The lowest BCUT2D eigenvalue weighted by Gasteiger charge is -2.26. The summed E-state index contributed by atoms with van der Waals surface area (Å²) in [5.74, 6) is -0.705. The average molecular weight is 795 g/mol. The van der Waals surface area contributed by atoms with Crippen molar-refractivity contribution in [2.75, 3.05) is 7.11 Å². The Balaban J connectivity index is 2.22. The van der Waals surface area contributed by atoms with E-state index in [-0.39, 0.29) is 68.5 Å². The Morgan fingerprint density at radius 3 is 1.65 bits per heavy atom. The van der Waals surface area contributed by atoms with E-state index in [1.807, 2.05) is 0 Å². The highest BCUT2D eigenvalue weighted by Gasteiger charge is 2.33. The fraction of sp³-hybridized carbons (Fsp3) is 0.244. The predicted octanol–water partition coefficient (Wildman–Crippen LogP) is 9.26. The number of aryl methyl sites for hydroxylation is 2. The lowest BCUT2D eigenvalue weighted by atomic mass is 9.82. The van der Waals surface area contributed by atoms with Crippen molar-refractivity contribution in [2.45, 2.75) is 70.4 Å². The minimum absolute atomic E-state index is 0.0190. The van der Waals surface area contributed by atoms with E-state index in [0.717, 1.165) is 54.7 Å². The van der Waals surface area contributed by atoms with Gasteiger partial charge in [-0.3, -0.25) is 4.79 Å². The van der Waals surface area contributed by atoms with Gasteiger partial charge in [-0.1, -0.05) is 70.8 Å². The first-order valence-corrected chi connectivity index (χ1v) is 19.7. The zero-order valence-electron chi connectivity index (χ0n) is 31.0. The summed E-state index contributed by atoms with van der Waals surface area (Å²) >= 11 is 0. The van der Waals surface area contributed by atoms with Crippen molar-refractivity contribution in [1.29, 1.82) is 0 Å². The van der Waals surface area contributed by atoms with Crippen LogP contribution < -0.4 is 10.2 Å². The van der Waals surface area contributed by atoms with E-state index in [4.69, 9.17) is 9.15 Å². The van der Waals surface area contributed by atoms with Crippen molar-refractivity contribution >= 4 is 31.2 Å². The average Bonchev–Trinajstić information content (AvgIpc) is 3.07. The van der Waals surface area contributed by atoms with Gasteiger partial charge in [0.05, 0.1) is 27.9 Å². The standard InChI is InChI=1S/C41H39F3O9S2/c1-22(2)8-16-28-34(30-20-24(5)10-18-32(30)54(46,47)48)29(17-9-23(3)4)39-36(35(28)31-21-25(6)11-19-33(31)55(49,50)51)37(45)40(52-7)38(53-39)26-12-14-27(15-13-26)41(42,43)44/h8-15,18-21H,16-17H2,1-7H3,(H,46,47,48)(H,49,50,51)/p-2. The molecular weight excluding hydrogens is 758 g/mol. The lowest BCUT2D eigenvalue weighted by molar-refractivity contribution is -0.137. The third-order valence-corrected chi connectivity index (χ3v) is 10.7. The number of hydrogen-bond donors (Lipinski definition) is 0. The van der Waals surface area contributed by atoms with Crippen LogP contribution in [0, 0.1) is 13.8 Å². The molecule has 55 heavy (non-hydrogen) atoms. The van der Waals surface area contributed by atoms with Crippen molar-refractivity contribution in [3.63, 3.8) is 0 Å². The first-order valence-electron chi connectivity index (χ1n) is 16.8. The monoisotopic (exact) mass is 794 g/mol. The first-order chi connectivity index (χ1) is 25.5. The van der Waals surface area contributed by atoms with Gasteiger partial charge in [-0.15, -0.1) is 0 Å². The van der Waals surface area contributed by atoms with Crippen LogP contribution in [0.4, 0.5) is 13.2 Å². The Morgan fingerprint density at radius 1 is 0.745 bits per heavy atom. The molecule has 0 aliphatic heterocycles. The SMILES string of the molecule is COc1c(-c2ccc(C(F)(F)F)cc2)oc2c(CC=C(C)C)c(-c3cc(C)ccc3S(=O)(=O)[O-])c(CC=C(C)C)c(-c3cc(C)ccc3S(=O)(=O)[O-])c2c1=O. The lowest BCUT2D eigenvalue weighted by Crippen LogP contribution is -2.14. The predicted molar refractivity (Wildman–Crippen MR) is 202 cm³/mol. The third-order valence-electron chi connectivity index (χ3n) is 8.96. The number of ether oxygens (including phenoxy) is 1. The van der Waals surface area contributed by atoms with E-state index in [1.54, 1.807) is 53.7 Å². The zero-order valence-corrected chi connectivity index (χ0v) is 32.6. The highest BCUT2D eigenvalue weighted by atomic mass is 32.2. The summed E-state index contributed by atoms with van der Waals surface area (Å²) < 4.78 is 130. The molecule has 0 atom stereocenters. The Bertz CT molecular complexity index is 2680. The molecule has 1 aromatic heterocycles. The van der Waals surface area contributed by atoms with E-state index in [0.29, 0.717) is 11.1 Å². The minimum Gasteiger partial charge on any atom is -0.744 e. The van der Waals surface area contributed by atoms with E-state index >= 15 is 0 Å². The molecular formula is C41H37F3O9S2-2. The molecule has 0 bridgehead atoms. The molecule has 5 aromatic rings. The summed E-state index contributed by atoms with van der Waals surface area (Å²) in [5.41, 5.74) is 0.806. The van der Waals surface area contributed by atoms with E-state index < -0.39 is 52.9 Å². The van der Waals surface area contributed by atoms with Gasteiger partial charge >= 0.3 is 6.18 Å². The molecule has 5 rings (SSSR count). The first kappa shape index (κ1) is 41.1. The molecule has 0 saturated heterocycles. The largest absolute Gasteiger partial charge is 0.744 e. The molecule has 1 heterocycles. The summed E-state index contributed by atoms with van der Waals surface area (Å²) in [6, 6.07) is 11.8. The molecule has 14 heteroatoms. The molecule has 0 N–H and O–H groups in total. The van der Waals surface area contributed by atoms with Gasteiger partial charge in [0, 0.05) is 27.8 Å². The van der Waals surface area contributed by atoms with E-state index in [2.05, 4.69) is 0 Å². The quantitative estimate of drug-likeness (QED) is 0.0994. The van der Waals surface area contributed by atoms with Crippen LogP contribution in [0.2, 0.25) is 0 Å². The molecule has 0 amide bonds. The molecule has 0 aliphatic carbocycles. The van der Waals surface area contributed by atoms with Crippen LogP contribution in [0.3, 0.4) is 0 Å². The second kappa shape index (κ2) is 15.3. The number of alkyl halides is 3. The molecule has 0 spiro atoms. The maximum absolute atomic E-state index is 15.0. The molecule has 0 aliphatic rings. The molecule has 0 unspecified atom stereocenters. The van der Waals surface area contributed by atoms with Gasteiger partial charge in [-0.2, -0.15) is 13.2 Å². The van der Waals surface area contributed by atoms with Crippen molar-refractivity contribution in [3.8, 4) is 39.3 Å². The van der Waals surface area contributed by atoms with Gasteiger partial charge in [0.25, 0.3) is 0 Å². The number of hydrogen-bond acceptors (Lipinski definition) is 9. The highest BCUT2D eigenvalue weighted by Crippen LogP contribution is 2.48. The second-order valence-electron chi connectivity index (χ2n) is 13.7. The summed E-state index contributed by atoms with van der Waals surface area (Å²) in [6.45, 7) is 10.5. The third kappa shape index (κ3) is 8.47. The maximum Gasteiger partial charge on any atom is 0.416 e.